The first-order valence-electron chi connectivity index (χ1n) is 7.07. The van der Waals surface area contributed by atoms with Crippen molar-refractivity contribution in [2.45, 2.75) is 57.7 Å². The number of piperidine rings is 1. The summed E-state index contributed by atoms with van der Waals surface area (Å²) in [6.07, 6.45) is 8.99. The molecule has 4 heteroatoms. The van der Waals surface area contributed by atoms with Gasteiger partial charge in [0, 0.05) is 37.1 Å². The van der Waals surface area contributed by atoms with E-state index in [0.717, 1.165) is 18.1 Å². The maximum Gasteiger partial charge on any atom is 0.225 e. The van der Waals surface area contributed by atoms with Gasteiger partial charge in [0.2, 0.25) is 5.95 Å². The minimum atomic E-state index is 0.608. The van der Waals surface area contributed by atoms with Gasteiger partial charge in [0.05, 0.1) is 0 Å². The molecule has 3 heterocycles. The third kappa shape index (κ3) is 2.21. The third-order valence-electron chi connectivity index (χ3n) is 4.25. The van der Waals surface area contributed by atoms with E-state index in [1.54, 1.807) is 0 Å². The van der Waals surface area contributed by atoms with Crippen molar-refractivity contribution in [3.8, 4) is 0 Å². The van der Waals surface area contributed by atoms with Crippen molar-refractivity contribution in [1.82, 2.24) is 15.3 Å². The van der Waals surface area contributed by atoms with Crippen LogP contribution in [0.3, 0.4) is 0 Å². The Bertz CT molecular complexity index is 391. The van der Waals surface area contributed by atoms with Crippen molar-refractivity contribution in [2.75, 3.05) is 11.4 Å². The second-order valence-corrected chi connectivity index (χ2v) is 5.61. The highest BCUT2D eigenvalue weighted by Gasteiger charge is 2.36. The van der Waals surface area contributed by atoms with Crippen LogP contribution in [0.15, 0.2) is 12.4 Å². The number of fused-ring (bicyclic) bond motifs is 2. The summed E-state index contributed by atoms with van der Waals surface area (Å²) in [6.45, 7) is 5.23. The summed E-state index contributed by atoms with van der Waals surface area (Å²) in [6, 6.07) is 2.04. The van der Waals surface area contributed by atoms with Crippen molar-refractivity contribution in [2.24, 2.45) is 0 Å². The maximum atomic E-state index is 4.49. The number of rotatable bonds is 3. The van der Waals surface area contributed by atoms with Crippen LogP contribution in [0.1, 0.15) is 38.2 Å². The Morgan fingerprint density at radius 1 is 1.22 bits per heavy atom. The van der Waals surface area contributed by atoms with Gasteiger partial charge in [-0.3, -0.25) is 0 Å². The molecule has 0 radical (unpaired) electrons. The average Bonchev–Trinajstić information content (AvgIpc) is 2.72. The molecule has 98 valence electrons. The molecule has 0 saturated carbocycles. The quantitative estimate of drug-likeness (QED) is 0.884. The fourth-order valence-corrected chi connectivity index (χ4v) is 3.38. The van der Waals surface area contributed by atoms with Gasteiger partial charge in [-0.15, -0.1) is 0 Å². The van der Waals surface area contributed by atoms with Crippen LogP contribution in [0.5, 0.6) is 0 Å². The molecule has 18 heavy (non-hydrogen) atoms. The maximum absolute atomic E-state index is 4.49. The number of aromatic nitrogens is 2. The Labute approximate surface area is 109 Å². The van der Waals surface area contributed by atoms with Gasteiger partial charge in [0.1, 0.15) is 0 Å². The highest BCUT2D eigenvalue weighted by Crippen LogP contribution is 2.30. The monoisotopic (exact) mass is 246 g/mol. The van der Waals surface area contributed by atoms with Crippen LogP contribution >= 0.6 is 0 Å². The van der Waals surface area contributed by atoms with Crippen molar-refractivity contribution in [3.63, 3.8) is 0 Å². The summed E-state index contributed by atoms with van der Waals surface area (Å²) in [7, 11) is 0. The molecule has 2 unspecified atom stereocenters. The summed E-state index contributed by atoms with van der Waals surface area (Å²) in [4.78, 5) is 11.4. The Balaban J connectivity index is 1.77. The van der Waals surface area contributed by atoms with E-state index in [-0.39, 0.29) is 0 Å². The van der Waals surface area contributed by atoms with Gasteiger partial charge in [-0.1, -0.05) is 0 Å². The number of aryl methyl sites for hydroxylation is 1. The second kappa shape index (κ2) is 4.84. The number of hydrogen-bond acceptors (Lipinski definition) is 4. The SMILES string of the molecule is CCN(c1ncc(C)cn1)C1CC2CCC(C1)N2. The first-order chi connectivity index (χ1) is 8.76. The van der Waals surface area contributed by atoms with E-state index in [2.05, 4.69) is 27.1 Å². The van der Waals surface area contributed by atoms with Gasteiger partial charge < -0.3 is 10.2 Å². The van der Waals surface area contributed by atoms with E-state index >= 15 is 0 Å². The molecule has 0 aliphatic carbocycles. The lowest BCUT2D eigenvalue weighted by Gasteiger charge is -2.37. The van der Waals surface area contributed by atoms with E-state index in [1.807, 2.05) is 19.3 Å². The first kappa shape index (κ1) is 11.9. The van der Waals surface area contributed by atoms with Gasteiger partial charge in [0.15, 0.2) is 0 Å². The molecule has 2 bridgehead atoms. The lowest BCUT2D eigenvalue weighted by Crippen LogP contribution is -2.48. The van der Waals surface area contributed by atoms with Crippen LogP contribution in [-0.4, -0.2) is 34.6 Å². The minimum absolute atomic E-state index is 0.608. The summed E-state index contributed by atoms with van der Waals surface area (Å²) in [5.41, 5.74) is 1.13. The van der Waals surface area contributed by atoms with Crippen LogP contribution in [-0.2, 0) is 0 Å². The molecule has 0 amide bonds. The van der Waals surface area contributed by atoms with Crippen LogP contribution in [0.2, 0.25) is 0 Å². The van der Waals surface area contributed by atoms with Crippen LogP contribution < -0.4 is 10.2 Å². The topological polar surface area (TPSA) is 41.1 Å². The van der Waals surface area contributed by atoms with E-state index in [9.17, 15) is 0 Å². The van der Waals surface area contributed by atoms with Crippen molar-refractivity contribution < 1.29 is 0 Å². The Kier molecular flexibility index (Phi) is 3.20. The molecule has 4 nitrogen and oxygen atoms in total. The minimum Gasteiger partial charge on any atom is -0.338 e. The Morgan fingerprint density at radius 2 is 1.83 bits per heavy atom. The zero-order valence-corrected chi connectivity index (χ0v) is 11.3. The van der Waals surface area contributed by atoms with Gasteiger partial charge in [0.25, 0.3) is 0 Å². The molecule has 2 aliphatic heterocycles. The summed E-state index contributed by atoms with van der Waals surface area (Å²) in [5, 5.41) is 3.69. The van der Waals surface area contributed by atoms with Gasteiger partial charge in [-0.05, 0) is 45.1 Å². The molecule has 0 aromatic carbocycles. The molecule has 2 aliphatic rings. The Hall–Kier alpha value is -1.16. The fraction of sp³-hybridized carbons (Fsp3) is 0.714. The predicted molar refractivity (Wildman–Crippen MR) is 72.8 cm³/mol. The normalized spacial score (nSPS) is 30.4. The van der Waals surface area contributed by atoms with E-state index in [0.29, 0.717) is 18.1 Å². The molecule has 0 spiro atoms. The third-order valence-corrected chi connectivity index (χ3v) is 4.25. The zero-order valence-electron chi connectivity index (χ0n) is 11.3. The number of anilines is 1. The predicted octanol–water partition coefficient (Wildman–Crippen LogP) is 1.89. The molecule has 1 aromatic rings. The summed E-state index contributed by atoms with van der Waals surface area (Å²) >= 11 is 0. The molecule has 2 fully saturated rings. The fourth-order valence-electron chi connectivity index (χ4n) is 3.38. The summed E-state index contributed by atoms with van der Waals surface area (Å²) in [5.74, 6) is 0.898. The van der Waals surface area contributed by atoms with Crippen molar-refractivity contribution in [3.05, 3.63) is 18.0 Å². The number of nitrogens with zero attached hydrogens (tertiary/aromatic N) is 3. The zero-order chi connectivity index (χ0) is 12.5. The van der Waals surface area contributed by atoms with Gasteiger partial charge in [-0.25, -0.2) is 9.97 Å². The van der Waals surface area contributed by atoms with Crippen molar-refractivity contribution >= 4 is 5.95 Å². The molecule has 2 saturated heterocycles. The van der Waals surface area contributed by atoms with Crippen LogP contribution in [0.25, 0.3) is 0 Å². The molecule has 3 rings (SSSR count). The molecule has 1 N–H and O–H groups in total. The van der Waals surface area contributed by atoms with Crippen molar-refractivity contribution in [1.29, 1.82) is 0 Å². The van der Waals surface area contributed by atoms with E-state index in [1.165, 1.54) is 25.7 Å². The average molecular weight is 246 g/mol. The summed E-state index contributed by atoms with van der Waals surface area (Å²) < 4.78 is 0. The van der Waals surface area contributed by atoms with Crippen LogP contribution in [0.4, 0.5) is 5.95 Å². The number of hydrogen-bond donors (Lipinski definition) is 1. The lowest BCUT2D eigenvalue weighted by atomic mass is 9.98. The number of nitrogens with one attached hydrogen (secondary N) is 1. The molecular weight excluding hydrogens is 224 g/mol. The molecule has 1 aromatic heterocycles. The second-order valence-electron chi connectivity index (χ2n) is 5.61. The molecular formula is C14H22N4. The van der Waals surface area contributed by atoms with Gasteiger partial charge >= 0.3 is 0 Å². The van der Waals surface area contributed by atoms with E-state index in [4.69, 9.17) is 0 Å². The highest BCUT2D eigenvalue weighted by molar-refractivity contribution is 5.32. The van der Waals surface area contributed by atoms with Gasteiger partial charge in [-0.2, -0.15) is 0 Å². The molecule has 2 atom stereocenters. The Morgan fingerprint density at radius 3 is 2.39 bits per heavy atom. The standard InChI is InChI=1S/C14H22N4/c1-3-18(14-15-8-10(2)9-16-14)13-6-11-4-5-12(7-13)17-11/h8-9,11-13,17H,3-7H2,1-2H3. The first-order valence-corrected chi connectivity index (χ1v) is 7.07. The highest BCUT2D eigenvalue weighted by atomic mass is 15.3. The smallest absolute Gasteiger partial charge is 0.225 e. The largest absolute Gasteiger partial charge is 0.338 e. The van der Waals surface area contributed by atoms with E-state index < -0.39 is 0 Å². The van der Waals surface area contributed by atoms with Crippen LogP contribution in [0, 0.1) is 6.92 Å². The lowest BCUT2D eigenvalue weighted by molar-refractivity contribution is 0.346.